The van der Waals surface area contributed by atoms with Gasteiger partial charge in [-0.05, 0) is 18.1 Å². The number of methoxy groups -OCH3 is 3. The summed E-state index contributed by atoms with van der Waals surface area (Å²) in [5.74, 6) is -0.138. The van der Waals surface area contributed by atoms with Gasteiger partial charge < -0.3 is 29.0 Å². The van der Waals surface area contributed by atoms with Crippen molar-refractivity contribution >= 4 is 11.9 Å². The Hall–Kier alpha value is -3.00. The maximum Gasteiger partial charge on any atom is 0.346 e. The Morgan fingerprint density at radius 2 is 1.97 bits per heavy atom. The van der Waals surface area contributed by atoms with Crippen LogP contribution in [0.15, 0.2) is 36.1 Å². The number of carbonyl (C=O) groups is 2. The molecule has 8 heteroatoms. The molecular weight excluding hydrogens is 390 g/mol. The molecule has 2 heterocycles. The highest BCUT2D eigenvalue weighted by Crippen LogP contribution is 2.55. The summed E-state index contributed by atoms with van der Waals surface area (Å²) in [5.41, 5.74) is 1.49. The minimum atomic E-state index is -0.745. The van der Waals surface area contributed by atoms with Crippen LogP contribution in [0.4, 0.5) is 0 Å². The molecule has 1 aromatic carbocycles. The van der Waals surface area contributed by atoms with Gasteiger partial charge in [-0.15, -0.1) is 0 Å². The van der Waals surface area contributed by atoms with E-state index in [2.05, 4.69) is 0 Å². The fourth-order valence-corrected chi connectivity index (χ4v) is 4.66. The van der Waals surface area contributed by atoms with E-state index < -0.39 is 23.5 Å². The molecule has 2 aliphatic heterocycles. The van der Waals surface area contributed by atoms with Gasteiger partial charge >= 0.3 is 11.9 Å². The van der Waals surface area contributed by atoms with Crippen LogP contribution in [-0.2, 0) is 31.0 Å². The Morgan fingerprint density at radius 1 is 1.23 bits per heavy atom. The van der Waals surface area contributed by atoms with E-state index in [-0.39, 0.29) is 11.7 Å². The molecule has 1 aliphatic carbocycles. The molecule has 0 radical (unpaired) electrons. The Bertz CT molecular complexity index is 920. The predicted octanol–water partition coefficient (Wildman–Crippen LogP) is 1.45. The van der Waals surface area contributed by atoms with E-state index in [1.165, 1.54) is 20.4 Å². The maximum absolute atomic E-state index is 12.1. The number of nitrogens with zero attached hydrogens (tertiary/aromatic N) is 1. The van der Waals surface area contributed by atoms with E-state index in [4.69, 9.17) is 18.9 Å². The van der Waals surface area contributed by atoms with Crippen molar-refractivity contribution in [2.24, 2.45) is 0 Å². The average molecular weight is 415 g/mol. The Morgan fingerprint density at radius 3 is 2.63 bits per heavy atom. The zero-order valence-corrected chi connectivity index (χ0v) is 17.2. The molecule has 30 heavy (non-hydrogen) atoms. The zero-order chi connectivity index (χ0) is 21.5. The van der Waals surface area contributed by atoms with Gasteiger partial charge in [0.05, 0.1) is 32.8 Å². The summed E-state index contributed by atoms with van der Waals surface area (Å²) in [4.78, 5) is 26.1. The molecule has 8 nitrogen and oxygen atoms in total. The van der Waals surface area contributed by atoms with E-state index in [1.54, 1.807) is 7.11 Å². The third-order valence-electron chi connectivity index (χ3n) is 6.11. The summed E-state index contributed by atoms with van der Waals surface area (Å²) in [5, 5.41) is 10.2. The number of hydrogen-bond acceptors (Lipinski definition) is 8. The smallest absolute Gasteiger partial charge is 0.346 e. The SMILES string of the molecule is COC(=O)C(=CN1CCC23C=C[C@H](O)CC2Oc2c(OC)ccc(c23)C1)C(=O)OC. The Labute approximate surface area is 174 Å². The Kier molecular flexibility index (Phi) is 5.19. The van der Waals surface area contributed by atoms with Crippen molar-refractivity contribution in [3.8, 4) is 11.5 Å². The lowest BCUT2D eigenvalue weighted by Gasteiger charge is -2.35. The van der Waals surface area contributed by atoms with Crippen LogP contribution in [0.5, 0.6) is 11.5 Å². The standard InChI is InChI=1S/C22H25NO7/c1-27-16-5-4-13-11-23(12-15(20(25)28-2)21(26)29-3)9-8-22-7-6-14(24)10-17(22)30-19(16)18(13)22/h4-7,12,14,17,24H,8-11H2,1-3H3/t14-,17?,22?/m0/s1. The normalized spacial score (nSPS) is 25.9. The lowest BCUT2D eigenvalue weighted by molar-refractivity contribution is -0.144. The highest BCUT2D eigenvalue weighted by atomic mass is 16.5. The number of esters is 2. The molecule has 0 aromatic heterocycles. The first-order chi connectivity index (χ1) is 14.4. The summed E-state index contributed by atoms with van der Waals surface area (Å²) in [7, 11) is 4.05. The van der Waals surface area contributed by atoms with Crippen LogP contribution in [0.3, 0.4) is 0 Å². The monoisotopic (exact) mass is 415 g/mol. The first-order valence-corrected chi connectivity index (χ1v) is 9.80. The van der Waals surface area contributed by atoms with Crippen LogP contribution in [0.2, 0.25) is 0 Å². The van der Waals surface area contributed by atoms with Crippen molar-refractivity contribution in [3.05, 3.63) is 47.2 Å². The van der Waals surface area contributed by atoms with Crippen LogP contribution in [0.25, 0.3) is 0 Å². The summed E-state index contributed by atoms with van der Waals surface area (Å²) in [6, 6.07) is 3.83. The molecule has 3 atom stereocenters. The summed E-state index contributed by atoms with van der Waals surface area (Å²) in [6.07, 6.45) is 5.75. The van der Waals surface area contributed by atoms with Gasteiger partial charge in [-0.25, -0.2) is 9.59 Å². The number of ether oxygens (including phenoxy) is 4. The first kappa shape index (κ1) is 20.3. The summed E-state index contributed by atoms with van der Waals surface area (Å²) < 4.78 is 21.3. The van der Waals surface area contributed by atoms with E-state index in [1.807, 2.05) is 29.2 Å². The molecule has 0 bridgehead atoms. The highest BCUT2D eigenvalue weighted by Gasteiger charge is 2.52. The van der Waals surface area contributed by atoms with Gasteiger partial charge in [0.2, 0.25) is 0 Å². The van der Waals surface area contributed by atoms with Gasteiger partial charge in [-0.1, -0.05) is 18.2 Å². The maximum atomic E-state index is 12.1. The molecule has 0 saturated carbocycles. The van der Waals surface area contributed by atoms with Gasteiger partial charge in [0.1, 0.15) is 6.10 Å². The topological polar surface area (TPSA) is 94.5 Å². The Balaban J connectivity index is 1.79. The summed E-state index contributed by atoms with van der Waals surface area (Å²) in [6.45, 7) is 1.03. The van der Waals surface area contributed by atoms with Crippen molar-refractivity contribution in [3.63, 3.8) is 0 Å². The fraction of sp³-hybridized carbons (Fsp3) is 0.455. The molecule has 2 unspecified atom stereocenters. The molecule has 1 spiro atoms. The van der Waals surface area contributed by atoms with E-state index in [0.29, 0.717) is 37.4 Å². The van der Waals surface area contributed by atoms with Crippen molar-refractivity contribution in [1.82, 2.24) is 4.90 Å². The molecule has 0 amide bonds. The largest absolute Gasteiger partial charge is 0.493 e. The number of carbonyl (C=O) groups excluding carboxylic acids is 2. The van der Waals surface area contributed by atoms with Crippen molar-refractivity contribution < 1.29 is 33.6 Å². The molecule has 3 aliphatic rings. The molecule has 1 aromatic rings. The van der Waals surface area contributed by atoms with Gasteiger partial charge in [-0.2, -0.15) is 0 Å². The fourth-order valence-electron chi connectivity index (χ4n) is 4.66. The lowest BCUT2D eigenvalue weighted by atomic mass is 9.69. The number of aliphatic hydroxyl groups excluding tert-OH is 1. The third kappa shape index (κ3) is 3.11. The lowest BCUT2D eigenvalue weighted by Crippen LogP contribution is -2.42. The molecular formula is C22H25NO7. The van der Waals surface area contributed by atoms with Crippen LogP contribution in [0, 0.1) is 0 Å². The molecule has 160 valence electrons. The first-order valence-electron chi connectivity index (χ1n) is 9.80. The minimum absolute atomic E-state index is 0.161. The second-order valence-corrected chi connectivity index (χ2v) is 7.69. The highest BCUT2D eigenvalue weighted by molar-refractivity contribution is 6.13. The van der Waals surface area contributed by atoms with E-state index in [0.717, 1.165) is 11.1 Å². The quantitative estimate of drug-likeness (QED) is 0.260. The van der Waals surface area contributed by atoms with Crippen molar-refractivity contribution in [1.29, 1.82) is 0 Å². The molecule has 0 saturated heterocycles. The van der Waals surface area contributed by atoms with Gasteiger partial charge in [0.15, 0.2) is 17.1 Å². The number of hydrogen-bond donors (Lipinski definition) is 1. The van der Waals surface area contributed by atoms with E-state index in [9.17, 15) is 14.7 Å². The van der Waals surface area contributed by atoms with Crippen LogP contribution >= 0.6 is 0 Å². The molecule has 0 fully saturated rings. The average Bonchev–Trinajstić information content (AvgIpc) is 3.00. The van der Waals surface area contributed by atoms with Gasteiger partial charge in [0.25, 0.3) is 0 Å². The van der Waals surface area contributed by atoms with Crippen LogP contribution in [-0.4, -0.2) is 62.0 Å². The van der Waals surface area contributed by atoms with Crippen molar-refractivity contribution in [2.45, 2.75) is 37.0 Å². The second-order valence-electron chi connectivity index (χ2n) is 7.69. The third-order valence-corrected chi connectivity index (χ3v) is 6.11. The number of benzene rings is 1. The van der Waals surface area contributed by atoms with Crippen LogP contribution in [0.1, 0.15) is 24.0 Å². The molecule has 4 rings (SSSR count). The van der Waals surface area contributed by atoms with Gasteiger partial charge in [0, 0.05) is 31.3 Å². The van der Waals surface area contributed by atoms with Crippen molar-refractivity contribution in [2.75, 3.05) is 27.9 Å². The van der Waals surface area contributed by atoms with E-state index >= 15 is 0 Å². The van der Waals surface area contributed by atoms with Gasteiger partial charge in [-0.3, -0.25) is 0 Å². The molecule has 1 N–H and O–H groups in total. The zero-order valence-electron chi connectivity index (χ0n) is 17.2. The second kappa shape index (κ2) is 7.68. The minimum Gasteiger partial charge on any atom is -0.493 e. The summed E-state index contributed by atoms with van der Waals surface area (Å²) >= 11 is 0. The predicted molar refractivity (Wildman–Crippen MR) is 106 cm³/mol. The number of aliphatic hydroxyl groups is 1. The number of rotatable bonds is 4. The van der Waals surface area contributed by atoms with Crippen LogP contribution < -0.4 is 9.47 Å².